The summed E-state index contributed by atoms with van der Waals surface area (Å²) in [6, 6.07) is 8.06. The van der Waals surface area contributed by atoms with Crippen LogP contribution in [0, 0.1) is 17.6 Å². The Kier molecular flexibility index (Phi) is 5.07. The number of nitrogens with one attached hydrogen (secondary N) is 3. The van der Waals surface area contributed by atoms with E-state index in [0.29, 0.717) is 11.4 Å². The maximum absolute atomic E-state index is 14.3. The first-order valence-electron chi connectivity index (χ1n) is 8.06. The normalized spacial score (nSPS) is 19.1. The summed E-state index contributed by atoms with van der Waals surface area (Å²) in [5, 5.41) is 7.44. The summed E-state index contributed by atoms with van der Waals surface area (Å²) < 4.78 is 33.7. The maximum atomic E-state index is 14.3. The Morgan fingerprint density at radius 2 is 1.81 bits per heavy atom. The lowest BCUT2D eigenvalue weighted by atomic mass is 9.87. The van der Waals surface area contributed by atoms with Crippen LogP contribution in [0.1, 0.15) is 11.6 Å². The molecular weight excluding hydrogens is 356 g/mol. The molecule has 2 aromatic carbocycles. The number of methoxy groups -OCH3 is 1. The third-order valence-electron chi connectivity index (χ3n) is 4.23. The van der Waals surface area contributed by atoms with Crippen LogP contribution in [0.25, 0.3) is 0 Å². The second-order valence-electron chi connectivity index (χ2n) is 5.90. The number of anilines is 1. The lowest BCUT2D eigenvalue weighted by Gasteiger charge is -2.34. The maximum Gasteiger partial charge on any atom is 0.319 e. The van der Waals surface area contributed by atoms with Gasteiger partial charge >= 0.3 is 6.03 Å². The predicted octanol–water partition coefficient (Wildman–Crippen LogP) is 3.10. The minimum atomic E-state index is -1.26. The van der Waals surface area contributed by atoms with Crippen LogP contribution in [-0.2, 0) is 4.79 Å². The van der Waals surface area contributed by atoms with Crippen LogP contribution in [0.5, 0.6) is 5.75 Å². The van der Waals surface area contributed by atoms with Crippen molar-refractivity contribution in [2.45, 2.75) is 6.04 Å². The fourth-order valence-electron chi connectivity index (χ4n) is 3.00. The quantitative estimate of drug-likeness (QED) is 0.771. The van der Waals surface area contributed by atoms with E-state index in [1.54, 1.807) is 24.3 Å². The Bertz CT molecular complexity index is 897. The number of urea groups is 1. The fraction of sp³-hybridized carbons (Fsp3) is 0.158. The Hall–Kier alpha value is -3.42. The molecule has 1 heterocycles. The molecule has 0 aliphatic carbocycles. The van der Waals surface area contributed by atoms with Crippen LogP contribution in [0.4, 0.5) is 19.3 Å². The highest BCUT2D eigenvalue weighted by atomic mass is 19.1. The van der Waals surface area contributed by atoms with Gasteiger partial charge in [-0.05, 0) is 24.3 Å². The van der Waals surface area contributed by atoms with E-state index in [-0.39, 0.29) is 5.70 Å². The number of carbonyl (C=O) groups is 2. The van der Waals surface area contributed by atoms with Gasteiger partial charge < -0.3 is 20.7 Å². The van der Waals surface area contributed by atoms with Gasteiger partial charge in [0, 0.05) is 11.3 Å². The molecule has 27 heavy (non-hydrogen) atoms. The molecule has 1 fully saturated rings. The Morgan fingerprint density at radius 3 is 2.48 bits per heavy atom. The van der Waals surface area contributed by atoms with Crippen molar-refractivity contribution in [1.29, 1.82) is 0 Å². The third kappa shape index (κ3) is 3.59. The van der Waals surface area contributed by atoms with E-state index < -0.39 is 41.1 Å². The monoisotopic (exact) mass is 373 g/mol. The smallest absolute Gasteiger partial charge is 0.319 e. The standard InChI is InChI=1S/C19H17F2N3O3/c1-10-15(18(25)23-13-8-3-4-9-14(13)27-2)17(24-19(26)22-10)16-11(20)6-5-7-12(16)21/h3-9,15,17H,1H2,2H3,(H,23,25)(H2,22,24,26)/t15-,17+/m0/s1. The van der Waals surface area contributed by atoms with E-state index in [1.807, 2.05) is 0 Å². The number of halogens is 2. The highest BCUT2D eigenvalue weighted by molar-refractivity contribution is 5.98. The van der Waals surface area contributed by atoms with Crippen molar-refractivity contribution in [2.75, 3.05) is 12.4 Å². The number of para-hydroxylation sites is 2. The molecule has 0 radical (unpaired) electrons. The van der Waals surface area contributed by atoms with Crippen LogP contribution < -0.4 is 20.7 Å². The van der Waals surface area contributed by atoms with Gasteiger partial charge in [-0.1, -0.05) is 24.8 Å². The van der Waals surface area contributed by atoms with Gasteiger partial charge in [-0.15, -0.1) is 0 Å². The van der Waals surface area contributed by atoms with Crippen molar-refractivity contribution < 1.29 is 23.1 Å². The number of ether oxygens (including phenoxy) is 1. The molecule has 2 atom stereocenters. The van der Waals surface area contributed by atoms with Crippen molar-refractivity contribution in [3.8, 4) is 5.75 Å². The highest BCUT2D eigenvalue weighted by Crippen LogP contribution is 2.34. The second kappa shape index (κ2) is 7.45. The lowest BCUT2D eigenvalue weighted by Crippen LogP contribution is -2.52. The van der Waals surface area contributed by atoms with Gasteiger partial charge in [0.2, 0.25) is 5.91 Å². The molecule has 3 N–H and O–H groups in total. The number of hydrogen-bond donors (Lipinski definition) is 3. The Labute approximate surface area is 154 Å². The summed E-state index contributed by atoms with van der Waals surface area (Å²) >= 11 is 0. The summed E-state index contributed by atoms with van der Waals surface area (Å²) in [5.41, 5.74) is -0.00469. The molecule has 0 unspecified atom stereocenters. The molecule has 0 bridgehead atoms. The third-order valence-corrected chi connectivity index (χ3v) is 4.23. The Morgan fingerprint density at radius 1 is 1.15 bits per heavy atom. The zero-order valence-electron chi connectivity index (χ0n) is 14.4. The van der Waals surface area contributed by atoms with E-state index >= 15 is 0 Å². The topological polar surface area (TPSA) is 79.5 Å². The van der Waals surface area contributed by atoms with Crippen LogP contribution in [0.2, 0.25) is 0 Å². The molecule has 1 aliphatic heterocycles. The zero-order valence-corrected chi connectivity index (χ0v) is 14.4. The molecule has 6 nitrogen and oxygen atoms in total. The average molecular weight is 373 g/mol. The van der Waals surface area contributed by atoms with Gasteiger partial charge in [-0.25, -0.2) is 13.6 Å². The molecule has 0 aromatic heterocycles. The number of hydrogen-bond acceptors (Lipinski definition) is 3. The first-order valence-corrected chi connectivity index (χ1v) is 8.06. The summed E-state index contributed by atoms with van der Waals surface area (Å²) in [6.07, 6.45) is 0. The number of carbonyl (C=O) groups excluding carboxylic acids is 2. The molecule has 3 amide bonds. The van der Waals surface area contributed by atoms with Crippen molar-refractivity contribution in [3.05, 3.63) is 71.9 Å². The fourth-order valence-corrected chi connectivity index (χ4v) is 3.00. The summed E-state index contributed by atoms with van der Waals surface area (Å²) in [5.74, 6) is -3.09. The molecule has 1 aliphatic rings. The average Bonchev–Trinajstić information content (AvgIpc) is 2.61. The van der Waals surface area contributed by atoms with Gasteiger partial charge in [-0.3, -0.25) is 4.79 Å². The van der Waals surface area contributed by atoms with Crippen molar-refractivity contribution in [2.24, 2.45) is 5.92 Å². The first-order chi connectivity index (χ1) is 12.9. The largest absolute Gasteiger partial charge is 0.495 e. The van der Waals surface area contributed by atoms with Gasteiger partial charge in [-0.2, -0.15) is 0 Å². The van der Waals surface area contributed by atoms with E-state index in [9.17, 15) is 18.4 Å². The Balaban J connectivity index is 1.98. The summed E-state index contributed by atoms with van der Waals surface area (Å²) in [7, 11) is 1.45. The summed E-state index contributed by atoms with van der Waals surface area (Å²) in [4.78, 5) is 24.7. The molecule has 0 spiro atoms. The van der Waals surface area contributed by atoms with Crippen molar-refractivity contribution in [1.82, 2.24) is 10.6 Å². The van der Waals surface area contributed by atoms with E-state index in [0.717, 1.165) is 12.1 Å². The number of benzene rings is 2. The van der Waals surface area contributed by atoms with E-state index in [1.165, 1.54) is 13.2 Å². The SMILES string of the molecule is C=C1NC(=O)N[C@@H](c2c(F)cccc2F)[C@H]1C(=O)Nc1ccccc1OC. The van der Waals surface area contributed by atoms with Crippen LogP contribution >= 0.6 is 0 Å². The van der Waals surface area contributed by atoms with Gasteiger partial charge in [0.25, 0.3) is 0 Å². The van der Waals surface area contributed by atoms with Crippen molar-refractivity contribution in [3.63, 3.8) is 0 Å². The molecule has 0 saturated carbocycles. The van der Waals surface area contributed by atoms with Crippen LogP contribution in [0.3, 0.4) is 0 Å². The first kappa shape index (κ1) is 18.4. The van der Waals surface area contributed by atoms with E-state index in [2.05, 4.69) is 22.5 Å². The molecule has 140 valence electrons. The van der Waals surface area contributed by atoms with Crippen LogP contribution in [0.15, 0.2) is 54.7 Å². The highest BCUT2D eigenvalue weighted by Gasteiger charge is 2.40. The number of amides is 3. The van der Waals surface area contributed by atoms with Gasteiger partial charge in [0.1, 0.15) is 23.3 Å². The lowest BCUT2D eigenvalue weighted by molar-refractivity contribution is -0.119. The van der Waals surface area contributed by atoms with E-state index in [4.69, 9.17) is 4.74 Å². The van der Waals surface area contributed by atoms with Gasteiger partial charge in [0.15, 0.2) is 0 Å². The zero-order chi connectivity index (χ0) is 19.6. The van der Waals surface area contributed by atoms with Crippen molar-refractivity contribution >= 4 is 17.6 Å². The minimum absolute atomic E-state index is 0.0267. The molecule has 2 aromatic rings. The predicted molar refractivity (Wildman–Crippen MR) is 95.0 cm³/mol. The molecule has 3 rings (SSSR count). The molecular formula is C19H17F2N3O3. The molecule has 8 heteroatoms. The second-order valence-corrected chi connectivity index (χ2v) is 5.90. The minimum Gasteiger partial charge on any atom is -0.495 e. The van der Waals surface area contributed by atoms with Gasteiger partial charge in [0.05, 0.1) is 18.8 Å². The summed E-state index contributed by atoms with van der Waals surface area (Å²) in [6.45, 7) is 3.68. The number of rotatable bonds is 4. The molecule has 1 saturated heterocycles. The van der Waals surface area contributed by atoms with Crippen LogP contribution in [-0.4, -0.2) is 19.0 Å².